The fourth-order valence-corrected chi connectivity index (χ4v) is 3.07. The third kappa shape index (κ3) is 4.95. The number of thiazole rings is 1. The smallest absolute Gasteiger partial charge is 0.350 e. The number of nitrogens with zero attached hydrogens (tertiary/aromatic N) is 2. The molecule has 1 heterocycles. The lowest BCUT2D eigenvalue weighted by molar-refractivity contribution is 0.0605. The summed E-state index contributed by atoms with van der Waals surface area (Å²) in [4.78, 5) is 16.6. The predicted molar refractivity (Wildman–Crippen MR) is 103 cm³/mol. The molecule has 0 aliphatic rings. The van der Waals surface area contributed by atoms with Crippen molar-refractivity contribution in [3.05, 3.63) is 34.3 Å². The number of benzene rings is 1. The Hall–Kier alpha value is -2.61. The summed E-state index contributed by atoms with van der Waals surface area (Å²) in [6, 6.07) is 5.57. The quantitative estimate of drug-likeness (QED) is 0.407. The van der Waals surface area contributed by atoms with Crippen LogP contribution < -0.4 is 14.9 Å². The second kappa shape index (κ2) is 9.76. The van der Waals surface area contributed by atoms with Crippen molar-refractivity contribution in [2.45, 2.75) is 26.7 Å². The number of aromatic nitrogens is 1. The van der Waals surface area contributed by atoms with Crippen LogP contribution in [0.3, 0.4) is 0 Å². The Balaban J connectivity index is 2.10. The second-order valence-electron chi connectivity index (χ2n) is 5.27. The number of hydrogen-bond donors (Lipinski definition) is 1. The third-order valence-corrected chi connectivity index (χ3v) is 4.41. The largest absolute Gasteiger partial charge is 0.493 e. The summed E-state index contributed by atoms with van der Waals surface area (Å²) >= 11 is 1.22. The van der Waals surface area contributed by atoms with Crippen LogP contribution in [0.25, 0.3) is 0 Å². The van der Waals surface area contributed by atoms with Crippen molar-refractivity contribution in [3.63, 3.8) is 0 Å². The van der Waals surface area contributed by atoms with E-state index in [0.717, 1.165) is 12.0 Å². The molecule has 8 heteroatoms. The maximum Gasteiger partial charge on any atom is 0.350 e. The first kappa shape index (κ1) is 19.7. The zero-order valence-corrected chi connectivity index (χ0v) is 16.2. The molecule has 0 bridgehead atoms. The van der Waals surface area contributed by atoms with Crippen molar-refractivity contribution in [2.75, 3.05) is 26.3 Å². The van der Waals surface area contributed by atoms with E-state index < -0.39 is 0 Å². The Morgan fingerprint density at radius 3 is 2.77 bits per heavy atom. The molecule has 26 heavy (non-hydrogen) atoms. The summed E-state index contributed by atoms with van der Waals surface area (Å²) in [5.74, 6) is 0.969. The molecule has 0 radical (unpaired) electrons. The van der Waals surface area contributed by atoms with Gasteiger partial charge in [0.15, 0.2) is 11.5 Å². The maximum absolute atomic E-state index is 11.7. The molecule has 0 saturated heterocycles. The average molecular weight is 377 g/mol. The fourth-order valence-electron chi connectivity index (χ4n) is 2.15. The molecular formula is C18H23N3O4S. The highest BCUT2D eigenvalue weighted by Crippen LogP contribution is 2.28. The number of hydrogen-bond acceptors (Lipinski definition) is 8. The molecule has 7 nitrogen and oxygen atoms in total. The summed E-state index contributed by atoms with van der Waals surface area (Å²) in [7, 11) is 2.96. The number of esters is 1. The molecular weight excluding hydrogens is 354 g/mol. The van der Waals surface area contributed by atoms with Gasteiger partial charge in [-0.1, -0.05) is 25.2 Å². The number of carbonyl (C=O) groups excluding carboxylic acids is 1. The van der Waals surface area contributed by atoms with Gasteiger partial charge in [-0.3, -0.25) is 5.43 Å². The van der Waals surface area contributed by atoms with Gasteiger partial charge in [-0.25, -0.2) is 9.78 Å². The second-order valence-corrected chi connectivity index (χ2v) is 6.27. The molecule has 0 fully saturated rings. The number of carbonyl (C=O) groups is 1. The van der Waals surface area contributed by atoms with Gasteiger partial charge in [0.05, 0.1) is 32.7 Å². The molecule has 2 rings (SSSR count). The van der Waals surface area contributed by atoms with E-state index in [1.54, 1.807) is 13.3 Å². The zero-order chi connectivity index (χ0) is 18.9. The van der Waals surface area contributed by atoms with Gasteiger partial charge in [-0.05, 0) is 36.6 Å². The number of ether oxygens (including phenoxy) is 3. The van der Waals surface area contributed by atoms with Crippen molar-refractivity contribution >= 4 is 28.7 Å². The SMILES string of the molecule is CCCOc1cc(/C=N\Nc2nc(CC)c(C(=O)OC)s2)ccc1OC. The van der Waals surface area contributed by atoms with Crippen LogP contribution in [-0.4, -0.2) is 38.0 Å². The summed E-state index contributed by atoms with van der Waals surface area (Å²) in [6.07, 6.45) is 3.21. The lowest BCUT2D eigenvalue weighted by atomic mass is 10.2. The van der Waals surface area contributed by atoms with Crippen molar-refractivity contribution in [2.24, 2.45) is 5.10 Å². The van der Waals surface area contributed by atoms with Gasteiger partial charge in [-0.2, -0.15) is 5.10 Å². The molecule has 0 unspecified atom stereocenters. The topological polar surface area (TPSA) is 82.0 Å². The van der Waals surface area contributed by atoms with Crippen LogP contribution in [0, 0.1) is 0 Å². The van der Waals surface area contributed by atoms with Gasteiger partial charge in [0.2, 0.25) is 5.13 Å². The summed E-state index contributed by atoms with van der Waals surface area (Å²) in [5, 5.41) is 4.72. The van der Waals surface area contributed by atoms with Crippen LogP contribution in [0.15, 0.2) is 23.3 Å². The number of anilines is 1. The number of hydrazone groups is 1. The predicted octanol–water partition coefficient (Wildman–Crippen LogP) is 3.74. The summed E-state index contributed by atoms with van der Waals surface area (Å²) in [5.41, 5.74) is 4.40. The first-order chi connectivity index (χ1) is 12.6. The van der Waals surface area contributed by atoms with E-state index in [1.807, 2.05) is 32.0 Å². The van der Waals surface area contributed by atoms with E-state index >= 15 is 0 Å². The summed E-state index contributed by atoms with van der Waals surface area (Å²) < 4.78 is 15.8. The zero-order valence-electron chi connectivity index (χ0n) is 15.4. The lowest BCUT2D eigenvalue weighted by Crippen LogP contribution is -2.01. The molecule has 0 atom stereocenters. The van der Waals surface area contributed by atoms with Gasteiger partial charge >= 0.3 is 5.97 Å². The average Bonchev–Trinajstić information content (AvgIpc) is 3.09. The van der Waals surface area contributed by atoms with Crippen molar-refractivity contribution in [1.29, 1.82) is 0 Å². The van der Waals surface area contributed by atoms with Crippen LogP contribution >= 0.6 is 11.3 Å². The first-order valence-corrected chi connectivity index (χ1v) is 9.12. The van der Waals surface area contributed by atoms with Crippen LogP contribution in [0.1, 0.15) is 41.2 Å². The van der Waals surface area contributed by atoms with Crippen LogP contribution in [0.4, 0.5) is 5.13 Å². The van der Waals surface area contributed by atoms with Gasteiger partial charge in [0, 0.05) is 0 Å². The Morgan fingerprint density at radius 2 is 2.12 bits per heavy atom. The van der Waals surface area contributed by atoms with E-state index in [0.29, 0.717) is 40.2 Å². The molecule has 2 aromatic rings. The van der Waals surface area contributed by atoms with E-state index in [1.165, 1.54) is 18.4 Å². The highest BCUT2D eigenvalue weighted by atomic mass is 32.1. The molecule has 0 spiro atoms. The van der Waals surface area contributed by atoms with Crippen LogP contribution in [-0.2, 0) is 11.2 Å². The standard InChI is InChI=1S/C18H23N3O4S/c1-5-9-25-15-10-12(7-8-14(15)23-3)11-19-21-18-20-13(6-2)16(26-18)17(22)24-4/h7-8,10-11H,5-6,9H2,1-4H3,(H,20,21)/b19-11-. The molecule has 0 saturated carbocycles. The van der Waals surface area contributed by atoms with E-state index in [2.05, 4.69) is 15.5 Å². The molecule has 0 aliphatic carbocycles. The maximum atomic E-state index is 11.7. The van der Waals surface area contributed by atoms with E-state index in [4.69, 9.17) is 14.2 Å². The molecule has 1 N–H and O–H groups in total. The number of aryl methyl sites for hydroxylation is 1. The Kier molecular flexibility index (Phi) is 7.40. The van der Waals surface area contributed by atoms with Crippen molar-refractivity contribution < 1.29 is 19.0 Å². The Morgan fingerprint density at radius 1 is 1.31 bits per heavy atom. The van der Waals surface area contributed by atoms with E-state index in [-0.39, 0.29) is 5.97 Å². The molecule has 1 aromatic carbocycles. The minimum Gasteiger partial charge on any atom is -0.493 e. The Bertz CT molecular complexity index is 774. The normalized spacial score (nSPS) is 10.8. The third-order valence-electron chi connectivity index (χ3n) is 3.43. The van der Waals surface area contributed by atoms with Crippen molar-refractivity contribution in [3.8, 4) is 11.5 Å². The minimum atomic E-state index is -0.385. The van der Waals surface area contributed by atoms with Crippen LogP contribution in [0.2, 0.25) is 0 Å². The van der Waals surface area contributed by atoms with Gasteiger partial charge in [0.1, 0.15) is 4.88 Å². The fraction of sp³-hybridized carbons (Fsp3) is 0.389. The molecule has 0 amide bonds. The molecule has 0 aliphatic heterocycles. The van der Waals surface area contributed by atoms with Crippen LogP contribution in [0.5, 0.6) is 11.5 Å². The highest BCUT2D eigenvalue weighted by Gasteiger charge is 2.17. The van der Waals surface area contributed by atoms with E-state index in [9.17, 15) is 4.79 Å². The lowest BCUT2D eigenvalue weighted by Gasteiger charge is -2.10. The Labute approximate surface area is 157 Å². The minimum absolute atomic E-state index is 0.385. The number of nitrogens with one attached hydrogen (secondary N) is 1. The molecule has 140 valence electrons. The van der Waals surface area contributed by atoms with Gasteiger partial charge < -0.3 is 14.2 Å². The molecule has 1 aromatic heterocycles. The first-order valence-electron chi connectivity index (χ1n) is 8.30. The number of rotatable bonds is 9. The highest BCUT2D eigenvalue weighted by molar-refractivity contribution is 7.17. The van der Waals surface area contributed by atoms with Gasteiger partial charge in [-0.15, -0.1) is 0 Å². The van der Waals surface area contributed by atoms with Gasteiger partial charge in [0.25, 0.3) is 0 Å². The summed E-state index contributed by atoms with van der Waals surface area (Å²) in [6.45, 7) is 4.59. The number of methoxy groups -OCH3 is 2. The monoisotopic (exact) mass is 377 g/mol. The van der Waals surface area contributed by atoms with Crippen molar-refractivity contribution in [1.82, 2.24) is 4.98 Å².